The summed E-state index contributed by atoms with van der Waals surface area (Å²) in [5.41, 5.74) is 2.56. The number of allylic oxidation sites excluding steroid dienone is 2. The molecule has 0 radical (unpaired) electrons. The lowest BCUT2D eigenvalue weighted by atomic mass is 9.94. The topological polar surface area (TPSA) is 68.4 Å². The summed E-state index contributed by atoms with van der Waals surface area (Å²) in [5.74, 6) is -0.0602. The number of ether oxygens (including phenoxy) is 2. The molecule has 4 rings (SSSR count). The molecule has 1 aliphatic carbocycles. The van der Waals surface area contributed by atoms with E-state index in [2.05, 4.69) is 4.98 Å². The Balaban J connectivity index is 1.68. The molecule has 1 aliphatic heterocycles. The van der Waals surface area contributed by atoms with Crippen LogP contribution < -0.4 is 5.56 Å². The molecule has 2 heterocycles. The molecule has 2 unspecified atom stereocenters. The van der Waals surface area contributed by atoms with E-state index in [9.17, 15) is 9.59 Å². The van der Waals surface area contributed by atoms with Gasteiger partial charge in [-0.15, -0.1) is 0 Å². The third-order valence-electron chi connectivity index (χ3n) is 4.66. The number of Topliss-reactive ketones (excluding diaryl/α,β-unsaturated/α-hetero) is 1. The largest absolute Gasteiger partial charge is 0.369 e. The van der Waals surface area contributed by atoms with E-state index in [0.29, 0.717) is 36.3 Å². The molecule has 1 aromatic heterocycles. The van der Waals surface area contributed by atoms with Crippen LogP contribution in [-0.4, -0.2) is 36.2 Å². The van der Waals surface area contributed by atoms with Crippen LogP contribution in [0.15, 0.2) is 52.9 Å². The fourth-order valence-electron chi connectivity index (χ4n) is 3.27. The molecule has 1 N–H and O–H groups in total. The lowest BCUT2D eigenvalue weighted by Crippen LogP contribution is -2.37. The van der Waals surface area contributed by atoms with Crippen molar-refractivity contribution in [3.05, 3.63) is 69.5 Å². The highest BCUT2D eigenvalue weighted by Gasteiger charge is 2.27. The number of hydrogen-bond donors (Lipinski definition) is 1. The van der Waals surface area contributed by atoms with Gasteiger partial charge in [-0.25, -0.2) is 0 Å². The zero-order chi connectivity index (χ0) is 17.4. The smallest absolute Gasteiger partial charge is 0.251 e. The summed E-state index contributed by atoms with van der Waals surface area (Å²) in [6.07, 6.45) is 5.84. The summed E-state index contributed by atoms with van der Waals surface area (Å²) < 4.78 is 11.3. The van der Waals surface area contributed by atoms with Crippen molar-refractivity contribution < 1.29 is 14.3 Å². The number of hydrogen-bond acceptors (Lipinski definition) is 4. The summed E-state index contributed by atoms with van der Waals surface area (Å²) in [5, 5.41) is 0.859. The van der Waals surface area contributed by atoms with Crippen LogP contribution in [0.4, 0.5) is 0 Å². The molecular weight excluding hydrogens is 318 g/mol. The molecule has 0 spiro atoms. The molecule has 0 bridgehead atoms. The van der Waals surface area contributed by atoms with Gasteiger partial charge in [-0.3, -0.25) is 9.59 Å². The van der Waals surface area contributed by atoms with E-state index >= 15 is 0 Å². The van der Waals surface area contributed by atoms with E-state index in [1.807, 2.05) is 31.2 Å². The Morgan fingerprint density at radius 3 is 2.80 bits per heavy atom. The Morgan fingerprint density at radius 1 is 1.20 bits per heavy atom. The molecular formula is C20H19NO4. The van der Waals surface area contributed by atoms with Crippen LogP contribution >= 0.6 is 0 Å². The van der Waals surface area contributed by atoms with Gasteiger partial charge in [0.1, 0.15) is 12.2 Å². The van der Waals surface area contributed by atoms with Crippen molar-refractivity contribution >= 4 is 16.7 Å². The maximum atomic E-state index is 12.9. The minimum absolute atomic E-state index is 0.0602. The number of aryl methyl sites for hydroxylation is 1. The van der Waals surface area contributed by atoms with Gasteiger partial charge in [0.25, 0.3) is 5.56 Å². The number of aromatic amines is 1. The second-order valence-electron chi connectivity index (χ2n) is 6.26. The number of ketones is 1. The van der Waals surface area contributed by atoms with Gasteiger partial charge in [-0.2, -0.15) is 0 Å². The molecule has 1 saturated heterocycles. The number of aromatic nitrogens is 1. The van der Waals surface area contributed by atoms with E-state index in [1.165, 1.54) is 0 Å². The highest BCUT2D eigenvalue weighted by molar-refractivity contribution is 6.12. The SMILES string of the molecule is CCc1cc2cc(C(=O)C3=CC4OCCOC4C=C3)ccc2[nH]c1=O. The Bertz CT molecular complexity index is 954. The van der Waals surface area contributed by atoms with Gasteiger partial charge in [0, 0.05) is 22.2 Å². The van der Waals surface area contributed by atoms with E-state index in [-0.39, 0.29) is 23.6 Å². The molecule has 0 amide bonds. The molecule has 128 valence electrons. The summed E-state index contributed by atoms with van der Waals surface area (Å²) in [7, 11) is 0. The third kappa shape index (κ3) is 2.97. The van der Waals surface area contributed by atoms with Gasteiger partial charge in [0.2, 0.25) is 0 Å². The van der Waals surface area contributed by atoms with Crippen molar-refractivity contribution in [1.29, 1.82) is 0 Å². The fraction of sp³-hybridized carbons (Fsp3) is 0.300. The number of fused-ring (bicyclic) bond motifs is 2. The fourth-order valence-corrected chi connectivity index (χ4v) is 3.27. The average Bonchev–Trinajstić information content (AvgIpc) is 2.66. The maximum Gasteiger partial charge on any atom is 0.251 e. The Kier molecular flexibility index (Phi) is 4.11. The number of nitrogens with one attached hydrogen (secondary N) is 1. The van der Waals surface area contributed by atoms with Crippen LogP contribution in [0.1, 0.15) is 22.8 Å². The van der Waals surface area contributed by atoms with Crippen LogP contribution in [0.3, 0.4) is 0 Å². The third-order valence-corrected chi connectivity index (χ3v) is 4.66. The number of carbonyl (C=O) groups excluding carboxylic acids is 1. The Hall–Kier alpha value is -2.50. The number of rotatable bonds is 3. The molecule has 0 saturated carbocycles. The quantitative estimate of drug-likeness (QED) is 0.874. The lowest BCUT2D eigenvalue weighted by Gasteiger charge is -2.30. The van der Waals surface area contributed by atoms with E-state index in [1.54, 1.807) is 18.2 Å². The predicted octanol–water partition coefficient (Wildman–Crippen LogP) is 2.55. The predicted molar refractivity (Wildman–Crippen MR) is 95.0 cm³/mol. The van der Waals surface area contributed by atoms with Gasteiger partial charge in [-0.05, 0) is 42.1 Å². The molecule has 1 aromatic carbocycles. The standard InChI is InChI=1S/C20H19NO4/c1-2-12-9-15-10-13(3-5-16(15)21-20(12)23)19(22)14-4-6-17-18(11-14)25-8-7-24-17/h3-6,9-11,17-18H,2,7-8H2,1H3,(H,21,23). The molecule has 1 fully saturated rings. The first-order chi connectivity index (χ1) is 12.2. The van der Waals surface area contributed by atoms with Crippen LogP contribution in [0.2, 0.25) is 0 Å². The van der Waals surface area contributed by atoms with Crippen molar-refractivity contribution in [2.24, 2.45) is 0 Å². The second-order valence-corrected chi connectivity index (χ2v) is 6.26. The Morgan fingerprint density at radius 2 is 2.00 bits per heavy atom. The van der Waals surface area contributed by atoms with E-state index in [4.69, 9.17) is 9.47 Å². The number of carbonyl (C=O) groups is 1. The van der Waals surface area contributed by atoms with Crippen molar-refractivity contribution in [1.82, 2.24) is 4.98 Å². The number of pyridine rings is 1. The Labute approximate surface area is 145 Å². The zero-order valence-electron chi connectivity index (χ0n) is 14.0. The maximum absolute atomic E-state index is 12.9. The molecule has 25 heavy (non-hydrogen) atoms. The average molecular weight is 337 g/mol. The van der Waals surface area contributed by atoms with Gasteiger partial charge in [0.15, 0.2) is 5.78 Å². The van der Waals surface area contributed by atoms with Crippen molar-refractivity contribution in [3.8, 4) is 0 Å². The summed E-state index contributed by atoms with van der Waals surface area (Å²) in [4.78, 5) is 27.6. The first kappa shape index (κ1) is 16.0. The molecule has 5 heteroatoms. The summed E-state index contributed by atoms with van der Waals surface area (Å²) >= 11 is 0. The van der Waals surface area contributed by atoms with Crippen molar-refractivity contribution in [3.63, 3.8) is 0 Å². The first-order valence-electron chi connectivity index (χ1n) is 8.49. The first-order valence-corrected chi connectivity index (χ1v) is 8.49. The van der Waals surface area contributed by atoms with E-state index < -0.39 is 0 Å². The highest BCUT2D eigenvalue weighted by atomic mass is 16.6. The highest BCUT2D eigenvalue weighted by Crippen LogP contribution is 2.24. The van der Waals surface area contributed by atoms with Crippen molar-refractivity contribution in [2.75, 3.05) is 13.2 Å². The normalized spacial score (nSPS) is 22.5. The summed E-state index contributed by atoms with van der Waals surface area (Å²) in [6.45, 7) is 3.05. The molecule has 5 nitrogen and oxygen atoms in total. The number of H-pyrrole nitrogens is 1. The van der Waals surface area contributed by atoms with Crippen LogP contribution in [0, 0.1) is 0 Å². The monoisotopic (exact) mass is 337 g/mol. The number of benzene rings is 1. The summed E-state index contributed by atoms with van der Waals surface area (Å²) in [6, 6.07) is 7.20. The van der Waals surface area contributed by atoms with Gasteiger partial charge in [-0.1, -0.05) is 19.1 Å². The minimum Gasteiger partial charge on any atom is -0.369 e. The van der Waals surface area contributed by atoms with Gasteiger partial charge in [0.05, 0.1) is 13.2 Å². The van der Waals surface area contributed by atoms with Crippen LogP contribution in [0.25, 0.3) is 10.9 Å². The minimum atomic E-state index is -0.207. The lowest BCUT2D eigenvalue weighted by molar-refractivity contribution is -0.102. The van der Waals surface area contributed by atoms with E-state index in [0.717, 1.165) is 10.9 Å². The molecule has 2 atom stereocenters. The zero-order valence-corrected chi connectivity index (χ0v) is 14.0. The van der Waals surface area contributed by atoms with Gasteiger partial charge < -0.3 is 14.5 Å². The molecule has 2 aliphatic rings. The van der Waals surface area contributed by atoms with Crippen molar-refractivity contribution in [2.45, 2.75) is 25.6 Å². The van der Waals surface area contributed by atoms with Gasteiger partial charge >= 0.3 is 0 Å². The van der Waals surface area contributed by atoms with Crippen LogP contribution in [-0.2, 0) is 15.9 Å². The molecule has 2 aromatic rings. The second kappa shape index (κ2) is 6.43. The van der Waals surface area contributed by atoms with Crippen LogP contribution in [0.5, 0.6) is 0 Å².